The molecule has 0 radical (unpaired) electrons. The van der Waals surface area contributed by atoms with Crippen LogP contribution in [0.5, 0.6) is 0 Å². The molecule has 0 saturated carbocycles. The van der Waals surface area contributed by atoms with Crippen molar-refractivity contribution in [3.05, 3.63) is 34.5 Å². The molecule has 2 heterocycles. The van der Waals surface area contributed by atoms with Crippen LogP contribution in [0.25, 0.3) is 11.3 Å². The molecular weight excluding hydrogens is 234 g/mol. The molecule has 88 valence electrons. The summed E-state index contributed by atoms with van der Waals surface area (Å²) < 4.78 is 0. The fraction of sp³-hybridized carbons (Fsp3) is 0.308. The number of fused-ring (bicyclic) bond motifs is 1. The van der Waals surface area contributed by atoms with Crippen LogP contribution in [-0.4, -0.2) is 16.7 Å². The van der Waals surface area contributed by atoms with Crippen LogP contribution < -0.4 is 5.32 Å². The number of aromatic nitrogens is 2. The van der Waals surface area contributed by atoms with Gasteiger partial charge in [-0.05, 0) is 43.0 Å². The number of nitrogens with one attached hydrogen (secondary N) is 2. The second-order valence-corrected chi connectivity index (χ2v) is 4.86. The summed E-state index contributed by atoms with van der Waals surface area (Å²) in [5, 5.41) is 11.2. The molecular formula is C13H14ClN3. The number of anilines is 1. The van der Waals surface area contributed by atoms with Crippen LogP contribution in [0, 0.1) is 6.92 Å². The third-order valence-corrected chi connectivity index (χ3v) is 3.51. The SMILES string of the molecule is Cc1cn[nH]c1-c1cc(Cl)c2c(c1)CCCN2. The summed E-state index contributed by atoms with van der Waals surface area (Å²) in [7, 11) is 0. The fourth-order valence-corrected chi connectivity index (χ4v) is 2.64. The number of aryl methyl sites for hydroxylation is 2. The zero-order chi connectivity index (χ0) is 11.8. The minimum absolute atomic E-state index is 0.797. The lowest BCUT2D eigenvalue weighted by Crippen LogP contribution is -2.12. The summed E-state index contributed by atoms with van der Waals surface area (Å²) in [6.07, 6.45) is 4.08. The first kappa shape index (κ1) is 10.7. The Morgan fingerprint density at radius 2 is 2.24 bits per heavy atom. The average molecular weight is 248 g/mol. The number of benzene rings is 1. The van der Waals surface area contributed by atoms with Crippen molar-refractivity contribution in [3.8, 4) is 11.3 Å². The maximum atomic E-state index is 6.32. The lowest BCUT2D eigenvalue weighted by atomic mass is 9.98. The third-order valence-electron chi connectivity index (χ3n) is 3.21. The van der Waals surface area contributed by atoms with Crippen LogP contribution >= 0.6 is 11.6 Å². The highest BCUT2D eigenvalue weighted by molar-refractivity contribution is 6.33. The van der Waals surface area contributed by atoms with Crippen molar-refractivity contribution >= 4 is 17.3 Å². The van der Waals surface area contributed by atoms with Gasteiger partial charge in [0.2, 0.25) is 0 Å². The number of nitrogens with zero attached hydrogens (tertiary/aromatic N) is 1. The Morgan fingerprint density at radius 3 is 3.00 bits per heavy atom. The zero-order valence-electron chi connectivity index (χ0n) is 9.68. The molecule has 1 aromatic heterocycles. The average Bonchev–Trinajstić information content (AvgIpc) is 2.75. The molecule has 0 fully saturated rings. The summed E-state index contributed by atoms with van der Waals surface area (Å²) in [5.41, 5.74) is 5.71. The lowest BCUT2D eigenvalue weighted by Gasteiger charge is -2.20. The molecule has 0 unspecified atom stereocenters. The molecule has 4 heteroatoms. The smallest absolute Gasteiger partial charge is 0.0679 e. The van der Waals surface area contributed by atoms with Gasteiger partial charge in [0, 0.05) is 12.1 Å². The van der Waals surface area contributed by atoms with E-state index in [1.165, 1.54) is 5.56 Å². The van der Waals surface area contributed by atoms with E-state index in [0.717, 1.165) is 46.9 Å². The minimum atomic E-state index is 0.797. The van der Waals surface area contributed by atoms with Crippen LogP contribution in [0.1, 0.15) is 17.5 Å². The van der Waals surface area contributed by atoms with E-state index >= 15 is 0 Å². The number of aromatic amines is 1. The van der Waals surface area contributed by atoms with Gasteiger partial charge in [0.25, 0.3) is 0 Å². The van der Waals surface area contributed by atoms with Crippen molar-refractivity contribution in [2.75, 3.05) is 11.9 Å². The van der Waals surface area contributed by atoms with Gasteiger partial charge < -0.3 is 5.32 Å². The molecule has 2 N–H and O–H groups in total. The monoisotopic (exact) mass is 247 g/mol. The van der Waals surface area contributed by atoms with Gasteiger partial charge in [0.1, 0.15) is 0 Å². The van der Waals surface area contributed by atoms with Crippen LogP contribution in [0.4, 0.5) is 5.69 Å². The Labute approximate surface area is 105 Å². The number of H-pyrrole nitrogens is 1. The number of halogens is 1. The molecule has 0 atom stereocenters. The highest BCUT2D eigenvalue weighted by Gasteiger charge is 2.15. The molecule has 2 aromatic rings. The van der Waals surface area contributed by atoms with Crippen LogP contribution in [0.15, 0.2) is 18.3 Å². The van der Waals surface area contributed by atoms with Gasteiger partial charge in [-0.3, -0.25) is 5.10 Å². The van der Waals surface area contributed by atoms with Gasteiger partial charge in [0.05, 0.1) is 22.6 Å². The summed E-state index contributed by atoms with van der Waals surface area (Å²) in [4.78, 5) is 0. The van der Waals surface area contributed by atoms with E-state index < -0.39 is 0 Å². The standard InChI is InChI=1S/C13H14ClN3/c1-8-7-16-17-12(8)10-5-9-3-2-4-15-13(9)11(14)6-10/h5-7,15H,2-4H2,1H3,(H,16,17). The molecule has 0 saturated heterocycles. The normalized spacial score (nSPS) is 14.2. The molecule has 0 spiro atoms. The van der Waals surface area contributed by atoms with E-state index in [0.29, 0.717) is 0 Å². The predicted molar refractivity (Wildman–Crippen MR) is 70.6 cm³/mol. The first-order chi connectivity index (χ1) is 8.25. The lowest BCUT2D eigenvalue weighted by molar-refractivity contribution is 0.830. The highest BCUT2D eigenvalue weighted by atomic mass is 35.5. The molecule has 17 heavy (non-hydrogen) atoms. The maximum absolute atomic E-state index is 6.32. The van der Waals surface area contributed by atoms with E-state index in [-0.39, 0.29) is 0 Å². The highest BCUT2D eigenvalue weighted by Crippen LogP contribution is 2.35. The molecule has 3 nitrogen and oxygen atoms in total. The minimum Gasteiger partial charge on any atom is -0.384 e. The number of hydrogen-bond donors (Lipinski definition) is 2. The topological polar surface area (TPSA) is 40.7 Å². The summed E-state index contributed by atoms with van der Waals surface area (Å²) in [5.74, 6) is 0. The first-order valence-electron chi connectivity index (χ1n) is 5.82. The quantitative estimate of drug-likeness (QED) is 0.811. The van der Waals surface area contributed by atoms with Crippen molar-refractivity contribution in [2.24, 2.45) is 0 Å². The van der Waals surface area contributed by atoms with Gasteiger partial charge >= 0.3 is 0 Å². The molecule has 0 bridgehead atoms. The molecule has 0 aliphatic carbocycles. The van der Waals surface area contributed by atoms with Gasteiger partial charge in [-0.1, -0.05) is 11.6 Å². The summed E-state index contributed by atoms with van der Waals surface area (Å²) in [6, 6.07) is 4.20. The van der Waals surface area contributed by atoms with Crippen LogP contribution in [0.3, 0.4) is 0 Å². The Balaban J connectivity index is 2.14. The summed E-state index contributed by atoms with van der Waals surface area (Å²) >= 11 is 6.32. The molecule has 0 amide bonds. The molecule has 3 rings (SSSR count). The second-order valence-electron chi connectivity index (χ2n) is 4.45. The van der Waals surface area contributed by atoms with E-state index in [9.17, 15) is 0 Å². The third kappa shape index (κ3) is 1.80. The van der Waals surface area contributed by atoms with Gasteiger partial charge in [0.15, 0.2) is 0 Å². The number of hydrogen-bond acceptors (Lipinski definition) is 2. The molecule has 1 aromatic carbocycles. The Morgan fingerprint density at radius 1 is 1.35 bits per heavy atom. The second kappa shape index (κ2) is 4.08. The number of rotatable bonds is 1. The molecule has 1 aliphatic rings. The van der Waals surface area contributed by atoms with E-state index in [1.54, 1.807) is 0 Å². The van der Waals surface area contributed by atoms with Crippen molar-refractivity contribution in [2.45, 2.75) is 19.8 Å². The predicted octanol–water partition coefficient (Wildman–Crippen LogP) is 3.40. The largest absolute Gasteiger partial charge is 0.384 e. The van der Waals surface area contributed by atoms with Crippen LogP contribution in [-0.2, 0) is 6.42 Å². The van der Waals surface area contributed by atoms with E-state index in [2.05, 4.69) is 21.6 Å². The Hall–Kier alpha value is -1.48. The van der Waals surface area contributed by atoms with Gasteiger partial charge in [-0.15, -0.1) is 0 Å². The van der Waals surface area contributed by atoms with Crippen molar-refractivity contribution < 1.29 is 0 Å². The Kier molecular flexibility index (Phi) is 2.56. The van der Waals surface area contributed by atoms with Crippen molar-refractivity contribution in [1.29, 1.82) is 0 Å². The maximum Gasteiger partial charge on any atom is 0.0679 e. The zero-order valence-corrected chi connectivity index (χ0v) is 10.4. The first-order valence-corrected chi connectivity index (χ1v) is 6.20. The summed E-state index contributed by atoms with van der Waals surface area (Å²) in [6.45, 7) is 3.06. The van der Waals surface area contributed by atoms with Gasteiger partial charge in [-0.2, -0.15) is 5.10 Å². The van der Waals surface area contributed by atoms with Crippen molar-refractivity contribution in [3.63, 3.8) is 0 Å². The van der Waals surface area contributed by atoms with Crippen LogP contribution in [0.2, 0.25) is 5.02 Å². The fourth-order valence-electron chi connectivity index (χ4n) is 2.33. The van der Waals surface area contributed by atoms with E-state index in [4.69, 9.17) is 11.6 Å². The molecule has 1 aliphatic heterocycles. The Bertz CT molecular complexity index is 560. The van der Waals surface area contributed by atoms with Crippen molar-refractivity contribution in [1.82, 2.24) is 10.2 Å². The van der Waals surface area contributed by atoms with Gasteiger partial charge in [-0.25, -0.2) is 0 Å². The van der Waals surface area contributed by atoms with E-state index in [1.807, 2.05) is 19.2 Å².